The van der Waals surface area contributed by atoms with Crippen molar-refractivity contribution in [2.24, 2.45) is 0 Å². The molecule has 3 rings (SSSR count). The smallest absolute Gasteiger partial charge is 0.430 e. The molecule has 1 aliphatic rings. The fraction of sp³-hybridized carbons (Fsp3) is 0.143. The fourth-order valence-corrected chi connectivity index (χ4v) is 2.23. The second kappa shape index (κ2) is 5.97. The minimum Gasteiger partial charge on any atom is -0.430 e. The zero-order chi connectivity index (χ0) is 14.8. The van der Waals surface area contributed by atoms with Gasteiger partial charge >= 0.3 is 14.6 Å². The largest absolute Gasteiger partial charge is 0.491 e. The van der Waals surface area contributed by atoms with Gasteiger partial charge in [-0.1, -0.05) is 12.1 Å². The van der Waals surface area contributed by atoms with Gasteiger partial charge in [0.05, 0.1) is 13.2 Å². The third-order valence-corrected chi connectivity index (χ3v) is 3.32. The summed E-state index contributed by atoms with van der Waals surface area (Å²) in [6.45, 7) is 0.106. The summed E-state index contributed by atoms with van der Waals surface area (Å²) in [7, 11) is 0.253. The Balaban J connectivity index is 1.92. The van der Waals surface area contributed by atoms with Crippen LogP contribution in [-0.2, 0) is 22.5 Å². The van der Waals surface area contributed by atoms with E-state index < -0.39 is 12.9 Å². The van der Waals surface area contributed by atoms with E-state index in [0.29, 0.717) is 22.1 Å². The van der Waals surface area contributed by atoms with E-state index in [2.05, 4.69) is 0 Å². The van der Waals surface area contributed by atoms with E-state index in [1.54, 1.807) is 6.07 Å². The van der Waals surface area contributed by atoms with Crippen molar-refractivity contribution in [1.29, 1.82) is 0 Å². The second-order valence-corrected chi connectivity index (χ2v) is 4.78. The summed E-state index contributed by atoms with van der Waals surface area (Å²) in [6, 6.07) is 8.20. The normalized spacial score (nSPS) is 14.9. The van der Waals surface area contributed by atoms with Gasteiger partial charge in [-0.3, -0.25) is 0 Å². The lowest BCUT2D eigenvalue weighted by atomic mass is 9.75. The lowest BCUT2D eigenvalue weighted by Gasteiger charge is -2.17. The van der Waals surface area contributed by atoms with Crippen LogP contribution in [0.3, 0.4) is 0 Å². The summed E-state index contributed by atoms with van der Waals surface area (Å²) in [4.78, 5) is 0. The quantitative estimate of drug-likeness (QED) is 0.723. The van der Waals surface area contributed by atoms with Crippen LogP contribution in [0.1, 0.15) is 11.1 Å². The van der Waals surface area contributed by atoms with Crippen LogP contribution in [0.15, 0.2) is 36.4 Å². The fourth-order valence-electron chi connectivity index (χ4n) is 2.23. The van der Waals surface area contributed by atoms with Gasteiger partial charge in [0.25, 0.3) is 0 Å². The molecular formula is C14H11B2F2O3. The lowest BCUT2D eigenvalue weighted by molar-refractivity contribution is 0.257. The average molecular weight is 287 g/mol. The molecule has 0 bridgehead atoms. The summed E-state index contributed by atoms with van der Waals surface area (Å²) in [5.74, 6) is -0.802. The Hall–Kier alpha value is -1.69. The molecule has 1 aliphatic heterocycles. The van der Waals surface area contributed by atoms with Gasteiger partial charge in [0.15, 0.2) is 0 Å². The van der Waals surface area contributed by atoms with Crippen LogP contribution in [0.2, 0.25) is 0 Å². The second-order valence-electron chi connectivity index (χ2n) is 4.78. The number of rotatable bonds is 0. The maximum absolute atomic E-state index is 13.3. The maximum atomic E-state index is 13.3. The van der Waals surface area contributed by atoms with Crippen LogP contribution in [0.25, 0.3) is 0 Å². The number of benzene rings is 2. The first-order valence-electron chi connectivity index (χ1n) is 6.45. The van der Waals surface area contributed by atoms with Crippen LogP contribution in [0.4, 0.5) is 8.78 Å². The molecule has 2 aromatic rings. The van der Waals surface area contributed by atoms with E-state index >= 15 is 0 Å². The van der Waals surface area contributed by atoms with Crippen molar-refractivity contribution in [2.45, 2.75) is 13.2 Å². The molecule has 2 aromatic carbocycles. The van der Waals surface area contributed by atoms with E-state index in [9.17, 15) is 13.8 Å². The van der Waals surface area contributed by atoms with Crippen molar-refractivity contribution in [2.75, 3.05) is 0 Å². The summed E-state index contributed by atoms with van der Waals surface area (Å²) in [6.07, 6.45) is 0. The Kier molecular flexibility index (Phi) is 4.05. The van der Waals surface area contributed by atoms with Gasteiger partial charge in [0, 0.05) is 0 Å². The zero-order valence-electron chi connectivity index (χ0n) is 11.1. The van der Waals surface area contributed by atoms with E-state index in [4.69, 9.17) is 9.31 Å². The van der Waals surface area contributed by atoms with Crippen molar-refractivity contribution < 1.29 is 23.1 Å². The third-order valence-electron chi connectivity index (χ3n) is 3.32. The summed E-state index contributed by atoms with van der Waals surface area (Å²) < 4.78 is 37.4. The first-order chi connectivity index (χ1) is 10.1. The molecule has 21 heavy (non-hydrogen) atoms. The molecule has 0 saturated heterocycles. The standard InChI is InChI=1S/C14H11B2F2O3/c17-11-1-3-13-9(5-11)8-21-16(19)14-4-2-12(18)6-10(14)7-20-15-13/h1-6,19H,7-8H2. The van der Waals surface area contributed by atoms with Crippen LogP contribution in [0.5, 0.6) is 0 Å². The monoisotopic (exact) mass is 287 g/mol. The predicted molar refractivity (Wildman–Crippen MR) is 75.4 cm³/mol. The Morgan fingerprint density at radius 3 is 2.52 bits per heavy atom. The lowest BCUT2D eigenvalue weighted by Crippen LogP contribution is -2.38. The number of halogens is 2. The highest BCUT2D eigenvalue weighted by Crippen LogP contribution is 2.09. The molecule has 1 heterocycles. The van der Waals surface area contributed by atoms with E-state index in [0.717, 1.165) is 0 Å². The number of hydrogen-bond acceptors (Lipinski definition) is 3. The maximum Gasteiger partial charge on any atom is 0.491 e. The van der Waals surface area contributed by atoms with Crippen LogP contribution < -0.4 is 10.9 Å². The van der Waals surface area contributed by atoms with E-state index in [1.807, 2.05) is 0 Å². The van der Waals surface area contributed by atoms with Crippen LogP contribution in [0, 0.1) is 11.6 Å². The molecule has 7 heteroatoms. The van der Waals surface area contributed by atoms with Gasteiger partial charge in [0.2, 0.25) is 0 Å². The van der Waals surface area contributed by atoms with E-state index in [1.165, 1.54) is 37.8 Å². The molecule has 0 spiro atoms. The zero-order valence-corrected chi connectivity index (χ0v) is 11.1. The van der Waals surface area contributed by atoms with Gasteiger partial charge in [-0.2, -0.15) is 0 Å². The molecule has 105 valence electrons. The number of hydrogen-bond donors (Lipinski definition) is 1. The molecule has 0 fully saturated rings. The van der Waals surface area contributed by atoms with Gasteiger partial charge in [-0.05, 0) is 46.3 Å². The summed E-state index contributed by atoms with van der Waals surface area (Å²) in [5, 5.41) is 10.1. The van der Waals surface area contributed by atoms with Crippen LogP contribution >= 0.6 is 0 Å². The SMILES string of the molecule is OB1OCc2cc(F)ccc2[B]OCc2cc(F)ccc21. The van der Waals surface area contributed by atoms with Crippen molar-refractivity contribution in [3.05, 3.63) is 59.2 Å². The number of fused-ring (bicyclic) bond motifs is 2. The molecule has 0 unspecified atom stereocenters. The topological polar surface area (TPSA) is 38.7 Å². The third kappa shape index (κ3) is 3.15. The molecule has 1 N–H and O–H groups in total. The Morgan fingerprint density at radius 1 is 1.00 bits per heavy atom. The molecule has 0 atom stereocenters. The Morgan fingerprint density at radius 2 is 1.71 bits per heavy atom. The predicted octanol–water partition coefficient (Wildman–Crippen LogP) is 0.644. The molecule has 0 saturated carbocycles. The summed E-state index contributed by atoms with van der Waals surface area (Å²) >= 11 is 0. The van der Waals surface area contributed by atoms with Crippen molar-refractivity contribution >= 4 is 25.5 Å². The first-order valence-corrected chi connectivity index (χ1v) is 6.45. The van der Waals surface area contributed by atoms with Crippen LogP contribution in [-0.4, -0.2) is 19.6 Å². The average Bonchev–Trinajstić information content (AvgIpc) is 2.46. The van der Waals surface area contributed by atoms with Crippen molar-refractivity contribution in [3.63, 3.8) is 0 Å². The van der Waals surface area contributed by atoms with Crippen molar-refractivity contribution in [1.82, 2.24) is 0 Å². The Bertz CT molecular complexity index is 667. The van der Waals surface area contributed by atoms with Gasteiger partial charge in [-0.15, -0.1) is 0 Å². The minimum atomic E-state index is -1.22. The first kappa shape index (κ1) is 14.3. The highest BCUT2D eigenvalue weighted by Gasteiger charge is 2.23. The molecule has 0 aliphatic carbocycles. The Labute approximate surface area is 121 Å². The molecule has 3 nitrogen and oxygen atoms in total. The van der Waals surface area contributed by atoms with Gasteiger partial charge < -0.3 is 14.3 Å². The molecule has 0 amide bonds. The highest BCUT2D eigenvalue weighted by molar-refractivity contribution is 6.60. The summed E-state index contributed by atoms with van der Waals surface area (Å²) in [5.41, 5.74) is 2.16. The highest BCUT2D eigenvalue weighted by atomic mass is 19.1. The molecule has 0 aromatic heterocycles. The van der Waals surface area contributed by atoms with Crippen molar-refractivity contribution in [3.8, 4) is 0 Å². The van der Waals surface area contributed by atoms with Gasteiger partial charge in [-0.25, -0.2) is 8.78 Å². The molecular weight excluding hydrogens is 276 g/mol. The van der Waals surface area contributed by atoms with Gasteiger partial charge in [0.1, 0.15) is 11.6 Å². The molecule has 1 radical (unpaired) electrons. The van der Waals surface area contributed by atoms with E-state index in [-0.39, 0.29) is 19.0 Å². The minimum absolute atomic E-state index is 0.0188.